The van der Waals surface area contributed by atoms with Crippen molar-refractivity contribution in [1.29, 1.82) is 0 Å². The molecule has 0 aromatic carbocycles. The maximum absolute atomic E-state index is 12.4. The monoisotopic (exact) mass is 280 g/mol. The Hall–Kier alpha value is -1.62. The summed E-state index contributed by atoms with van der Waals surface area (Å²) in [6.07, 6.45) is 4.02. The third-order valence-electron chi connectivity index (χ3n) is 3.04. The first-order valence-electron chi connectivity index (χ1n) is 7.01. The van der Waals surface area contributed by atoms with Crippen molar-refractivity contribution in [2.45, 2.75) is 45.6 Å². The van der Waals surface area contributed by atoms with Gasteiger partial charge in [0.1, 0.15) is 5.60 Å². The number of amides is 1. The van der Waals surface area contributed by atoms with Gasteiger partial charge in [-0.1, -0.05) is 20.3 Å². The van der Waals surface area contributed by atoms with Gasteiger partial charge in [0.2, 0.25) is 5.88 Å². The average molecular weight is 280 g/mol. The van der Waals surface area contributed by atoms with E-state index in [1.165, 1.54) is 0 Å². The molecule has 1 N–H and O–H groups in total. The topological polar surface area (TPSA) is 60.5 Å². The van der Waals surface area contributed by atoms with Crippen LogP contribution in [0.5, 0.6) is 5.88 Å². The van der Waals surface area contributed by atoms with E-state index in [2.05, 4.69) is 10.3 Å². The van der Waals surface area contributed by atoms with Gasteiger partial charge in [0.15, 0.2) is 0 Å². The molecule has 1 heterocycles. The van der Waals surface area contributed by atoms with E-state index < -0.39 is 5.60 Å². The van der Waals surface area contributed by atoms with Gasteiger partial charge in [0.25, 0.3) is 5.91 Å². The van der Waals surface area contributed by atoms with Crippen molar-refractivity contribution in [3.05, 3.63) is 18.3 Å². The fourth-order valence-electron chi connectivity index (χ4n) is 1.89. The van der Waals surface area contributed by atoms with E-state index in [0.29, 0.717) is 24.6 Å². The normalized spacial score (nSPS) is 13.6. The second kappa shape index (κ2) is 7.85. The van der Waals surface area contributed by atoms with E-state index in [0.717, 1.165) is 12.8 Å². The third-order valence-corrected chi connectivity index (χ3v) is 3.04. The van der Waals surface area contributed by atoms with Crippen molar-refractivity contribution >= 4 is 11.6 Å². The Balaban J connectivity index is 2.73. The lowest BCUT2D eigenvalue weighted by Crippen LogP contribution is -2.43. The van der Waals surface area contributed by atoms with Crippen LogP contribution in [0.3, 0.4) is 0 Å². The first-order chi connectivity index (χ1) is 9.55. The van der Waals surface area contributed by atoms with Crippen LogP contribution in [-0.2, 0) is 9.53 Å². The quantitative estimate of drug-likeness (QED) is 0.795. The number of hydrogen-bond donors (Lipinski definition) is 1. The van der Waals surface area contributed by atoms with Gasteiger partial charge in [-0.15, -0.1) is 0 Å². The van der Waals surface area contributed by atoms with Crippen molar-refractivity contribution in [3.8, 4) is 5.88 Å². The molecule has 0 radical (unpaired) electrons. The van der Waals surface area contributed by atoms with Crippen molar-refractivity contribution in [3.63, 3.8) is 0 Å². The molecule has 1 rings (SSSR count). The largest absolute Gasteiger partial charge is 0.481 e. The lowest BCUT2D eigenvalue weighted by molar-refractivity contribution is -0.140. The van der Waals surface area contributed by atoms with Crippen molar-refractivity contribution < 1.29 is 14.3 Å². The minimum Gasteiger partial charge on any atom is -0.481 e. The Morgan fingerprint density at radius 1 is 1.35 bits per heavy atom. The zero-order valence-corrected chi connectivity index (χ0v) is 12.7. The molecule has 0 fully saturated rings. The number of carbonyl (C=O) groups excluding carboxylic acids is 1. The number of pyridine rings is 1. The number of rotatable bonds is 8. The molecule has 1 aromatic heterocycles. The van der Waals surface area contributed by atoms with Crippen LogP contribution in [-0.4, -0.2) is 30.2 Å². The van der Waals surface area contributed by atoms with Crippen molar-refractivity contribution in [2.24, 2.45) is 0 Å². The Labute approximate surface area is 120 Å². The number of aromatic nitrogens is 1. The van der Waals surface area contributed by atoms with Crippen LogP contribution in [0, 0.1) is 0 Å². The molecule has 0 aliphatic rings. The zero-order valence-electron chi connectivity index (χ0n) is 12.7. The summed E-state index contributed by atoms with van der Waals surface area (Å²) in [5, 5.41) is 2.85. The number of anilines is 1. The second-order valence-corrected chi connectivity index (χ2v) is 4.87. The summed E-state index contributed by atoms with van der Waals surface area (Å²) >= 11 is 0. The summed E-state index contributed by atoms with van der Waals surface area (Å²) in [7, 11) is 1.55. The summed E-state index contributed by atoms with van der Waals surface area (Å²) in [6.45, 7) is 6.47. The lowest BCUT2D eigenvalue weighted by atomic mass is 9.99. The predicted octanol–water partition coefficient (Wildman–Crippen LogP) is 3.01. The number of nitrogens with zero attached hydrogens (tertiary/aromatic N) is 1. The molecule has 112 valence electrons. The highest BCUT2D eigenvalue weighted by Gasteiger charge is 2.33. The molecule has 20 heavy (non-hydrogen) atoms. The van der Waals surface area contributed by atoms with Gasteiger partial charge in [0.05, 0.1) is 19.0 Å². The molecule has 1 amide bonds. The molecule has 0 bridgehead atoms. The van der Waals surface area contributed by atoms with E-state index in [1.54, 1.807) is 25.4 Å². The predicted molar refractivity (Wildman–Crippen MR) is 79.0 cm³/mol. The van der Waals surface area contributed by atoms with Crippen LogP contribution < -0.4 is 10.1 Å². The van der Waals surface area contributed by atoms with Gasteiger partial charge in [-0.3, -0.25) is 4.79 Å². The van der Waals surface area contributed by atoms with Gasteiger partial charge in [-0.05, 0) is 25.8 Å². The van der Waals surface area contributed by atoms with E-state index in [9.17, 15) is 4.79 Å². The summed E-state index contributed by atoms with van der Waals surface area (Å²) in [6, 6.07) is 3.47. The summed E-state index contributed by atoms with van der Waals surface area (Å²) in [5.41, 5.74) is -0.164. The van der Waals surface area contributed by atoms with Gasteiger partial charge in [0, 0.05) is 12.7 Å². The maximum atomic E-state index is 12.4. The molecule has 1 unspecified atom stereocenters. The summed E-state index contributed by atoms with van der Waals surface area (Å²) in [5.74, 6) is 0.376. The number of hydrogen-bond acceptors (Lipinski definition) is 4. The minimum atomic E-state index is -0.801. The van der Waals surface area contributed by atoms with Crippen LogP contribution in [0.2, 0.25) is 0 Å². The molecular formula is C15H24N2O3. The average Bonchev–Trinajstić information content (AvgIpc) is 2.46. The van der Waals surface area contributed by atoms with Gasteiger partial charge < -0.3 is 14.8 Å². The van der Waals surface area contributed by atoms with Crippen LogP contribution in [0.15, 0.2) is 18.3 Å². The third kappa shape index (κ3) is 4.49. The molecule has 0 spiro atoms. The highest BCUT2D eigenvalue weighted by Crippen LogP contribution is 2.21. The number of nitrogens with one attached hydrogen (secondary N) is 1. The van der Waals surface area contributed by atoms with Gasteiger partial charge >= 0.3 is 0 Å². The van der Waals surface area contributed by atoms with Crippen LogP contribution in [0.1, 0.15) is 40.0 Å². The Morgan fingerprint density at radius 2 is 2.10 bits per heavy atom. The molecule has 0 saturated carbocycles. The molecule has 0 aliphatic heterocycles. The van der Waals surface area contributed by atoms with Crippen LogP contribution in [0.25, 0.3) is 0 Å². The van der Waals surface area contributed by atoms with E-state index in [4.69, 9.17) is 9.47 Å². The fourth-order valence-corrected chi connectivity index (χ4v) is 1.89. The standard InChI is InChI=1S/C15H24N2O3/c1-5-9-15(3,20-10-6-2)14(18)17-12-7-8-13(19-4)16-11-12/h7-8,11H,5-6,9-10H2,1-4H3,(H,17,18). The number of methoxy groups -OCH3 is 1. The maximum Gasteiger partial charge on any atom is 0.256 e. The number of carbonyl (C=O) groups is 1. The number of ether oxygens (including phenoxy) is 2. The summed E-state index contributed by atoms with van der Waals surface area (Å²) < 4.78 is 10.7. The lowest BCUT2D eigenvalue weighted by Gasteiger charge is -2.28. The molecule has 5 nitrogen and oxygen atoms in total. The molecule has 1 atom stereocenters. The Bertz CT molecular complexity index is 420. The van der Waals surface area contributed by atoms with E-state index >= 15 is 0 Å². The van der Waals surface area contributed by atoms with Crippen LogP contribution >= 0.6 is 0 Å². The molecule has 0 aliphatic carbocycles. The molecule has 1 aromatic rings. The fraction of sp³-hybridized carbons (Fsp3) is 0.600. The highest BCUT2D eigenvalue weighted by atomic mass is 16.5. The van der Waals surface area contributed by atoms with E-state index in [1.807, 2.05) is 20.8 Å². The Kier molecular flexibility index (Phi) is 6.45. The second-order valence-electron chi connectivity index (χ2n) is 4.87. The van der Waals surface area contributed by atoms with Gasteiger partial charge in [-0.2, -0.15) is 0 Å². The molecule has 0 saturated heterocycles. The Morgan fingerprint density at radius 3 is 2.60 bits per heavy atom. The molecule has 5 heteroatoms. The first-order valence-corrected chi connectivity index (χ1v) is 7.01. The SMILES string of the molecule is CCCOC(C)(CCC)C(=O)Nc1ccc(OC)nc1. The van der Waals surface area contributed by atoms with Crippen molar-refractivity contribution in [2.75, 3.05) is 19.0 Å². The molecular weight excluding hydrogens is 256 g/mol. The zero-order chi connectivity index (χ0) is 15.0. The first kappa shape index (κ1) is 16.4. The smallest absolute Gasteiger partial charge is 0.256 e. The summed E-state index contributed by atoms with van der Waals surface area (Å²) in [4.78, 5) is 16.5. The van der Waals surface area contributed by atoms with Crippen molar-refractivity contribution in [1.82, 2.24) is 4.98 Å². The van der Waals surface area contributed by atoms with Gasteiger partial charge in [-0.25, -0.2) is 4.98 Å². The highest BCUT2D eigenvalue weighted by molar-refractivity contribution is 5.96. The van der Waals surface area contributed by atoms with Crippen LogP contribution in [0.4, 0.5) is 5.69 Å². The minimum absolute atomic E-state index is 0.139. The van der Waals surface area contributed by atoms with E-state index in [-0.39, 0.29) is 5.91 Å².